The summed E-state index contributed by atoms with van der Waals surface area (Å²) in [6.45, 7) is 9.16. The summed E-state index contributed by atoms with van der Waals surface area (Å²) in [5.74, 6) is 0.425. The monoisotopic (exact) mass is 281 g/mol. The van der Waals surface area contributed by atoms with Gasteiger partial charge in [-0.3, -0.25) is 0 Å². The highest BCUT2D eigenvalue weighted by Crippen LogP contribution is 2.47. The molecule has 0 unspecified atom stereocenters. The van der Waals surface area contributed by atoms with Crippen LogP contribution in [-0.4, -0.2) is 23.9 Å². The maximum absolute atomic E-state index is 11.7. The molecule has 0 amide bonds. The zero-order valence-electron chi connectivity index (χ0n) is 13.2. The lowest BCUT2D eigenvalue weighted by Gasteiger charge is -2.41. The molecule has 1 saturated carbocycles. The molecule has 1 aliphatic carbocycles. The lowest BCUT2D eigenvalue weighted by Crippen LogP contribution is -2.39. The predicted octanol–water partition coefficient (Wildman–Crippen LogP) is 3.69. The second kappa shape index (κ2) is 5.74. The van der Waals surface area contributed by atoms with Gasteiger partial charge >= 0.3 is 5.97 Å². The van der Waals surface area contributed by atoms with Crippen LogP contribution in [0.5, 0.6) is 0 Å². The average Bonchev–Trinajstić information content (AvgIpc) is 2.84. The first-order valence-corrected chi connectivity index (χ1v) is 7.84. The molecule has 0 bridgehead atoms. The normalized spacial score (nSPS) is 30.0. The summed E-state index contributed by atoms with van der Waals surface area (Å²) in [4.78, 5) is 17.4. The van der Waals surface area contributed by atoms with Crippen LogP contribution in [0, 0.1) is 11.3 Å². The van der Waals surface area contributed by atoms with E-state index in [0.717, 1.165) is 31.6 Å². The molecule has 1 spiro atoms. The van der Waals surface area contributed by atoms with Crippen molar-refractivity contribution in [1.82, 2.24) is 0 Å². The Morgan fingerprint density at radius 3 is 2.60 bits per heavy atom. The van der Waals surface area contributed by atoms with E-state index in [1.54, 1.807) is 0 Å². The second-order valence-electron chi connectivity index (χ2n) is 6.83. The second-order valence-corrected chi connectivity index (χ2v) is 6.83. The Kier molecular flexibility index (Phi) is 4.40. The summed E-state index contributed by atoms with van der Waals surface area (Å²) < 4.78 is 5.00. The van der Waals surface area contributed by atoms with E-state index in [1.165, 1.54) is 6.42 Å². The zero-order chi connectivity index (χ0) is 14.8. The maximum Gasteiger partial charge on any atom is 0.356 e. The van der Waals surface area contributed by atoms with E-state index in [4.69, 9.17) is 9.57 Å². The van der Waals surface area contributed by atoms with Crippen molar-refractivity contribution in [3.8, 4) is 0 Å². The molecule has 4 nitrogen and oxygen atoms in total. The minimum atomic E-state index is -0.319. The van der Waals surface area contributed by atoms with Crippen molar-refractivity contribution < 1.29 is 14.4 Å². The summed E-state index contributed by atoms with van der Waals surface area (Å²) in [5, 5.41) is 3.98. The molecule has 0 aromatic heterocycles. The molecule has 0 radical (unpaired) electrons. The van der Waals surface area contributed by atoms with Gasteiger partial charge in [-0.15, -0.1) is 0 Å². The van der Waals surface area contributed by atoms with Gasteiger partial charge < -0.3 is 9.57 Å². The average molecular weight is 281 g/mol. The number of esters is 1. The highest BCUT2D eigenvalue weighted by molar-refractivity contribution is 6.36. The van der Waals surface area contributed by atoms with Crippen LogP contribution in [0.25, 0.3) is 0 Å². The number of rotatable bonds is 4. The Bertz CT molecular complexity index is 393. The molecule has 1 fully saturated rings. The number of carbonyl (C=O) groups excluding carboxylic acids is 1. The highest BCUT2D eigenvalue weighted by atomic mass is 16.7. The van der Waals surface area contributed by atoms with Gasteiger partial charge in [0, 0.05) is 6.42 Å². The van der Waals surface area contributed by atoms with Crippen LogP contribution in [-0.2, 0) is 14.4 Å². The topological polar surface area (TPSA) is 47.9 Å². The summed E-state index contributed by atoms with van der Waals surface area (Å²) in [6, 6.07) is 0. The molecule has 0 atom stereocenters. The van der Waals surface area contributed by atoms with Gasteiger partial charge in [-0.05, 0) is 43.9 Å². The summed E-state index contributed by atoms with van der Waals surface area (Å²) in [6.07, 6.45) is 6.13. The largest absolute Gasteiger partial charge is 0.461 e. The van der Waals surface area contributed by atoms with Crippen molar-refractivity contribution in [2.24, 2.45) is 16.5 Å². The first-order chi connectivity index (χ1) is 9.42. The third-order valence-electron chi connectivity index (χ3n) is 5.26. The molecular formula is C16H27NO3. The minimum Gasteiger partial charge on any atom is -0.461 e. The Hall–Kier alpha value is -1.06. The van der Waals surface area contributed by atoms with Crippen molar-refractivity contribution in [1.29, 1.82) is 0 Å². The van der Waals surface area contributed by atoms with E-state index in [-0.39, 0.29) is 11.6 Å². The lowest BCUT2D eigenvalue weighted by molar-refractivity contribution is -0.135. The quantitative estimate of drug-likeness (QED) is 0.738. The Morgan fingerprint density at radius 1 is 1.40 bits per heavy atom. The fraction of sp³-hybridized carbons (Fsp3) is 0.875. The number of carbonyl (C=O) groups is 1. The number of hydrogen-bond acceptors (Lipinski definition) is 4. The number of nitrogens with zero attached hydrogens (tertiary/aromatic N) is 1. The fourth-order valence-electron chi connectivity index (χ4n) is 3.33. The molecule has 2 rings (SSSR count). The highest BCUT2D eigenvalue weighted by Gasteiger charge is 2.46. The van der Waals surface area contributed by atoms with Crippen LogP contribution in [0.15, 0.2) is 5.16 Å². The van der Waals surface area contributed by atoms with Crippen molar-refractivity contribution in [3.63, 3.8) is 0 Å². The summed E-state index contributed by atoms with van der Waals surface area (Å²) in [7, 11) is 0. The molecular weight excluding hydrogens is 254 g/mol. The molecule has 20 heavy (non-hydrogen) atoms. The third kappa shape index (κ3) is 2.99. The van der Waals surface area contributed by atoms with Crippen LogP contribution in [0.1, 0.15) is 66.2 Å². The third-order valence-corrected chi connectivity index (χ3v) is 5.26. The van der Waals surface area contributed by atoms with E-state index in [0.29, 0.717) is 24.2 Å². The van der Waals surface area contributed by atoms with Gasteiger partial charge in [-0.2, -0.15) is 0 Å². The molecule has 114 valence electrons. The minimum absolute atomic E-state index is 0.234. The van der Waals surface area contributed by atoms with Gasteiger partial charge in [0.1, 0.15) is 5.60 Å². The SMILES string of the molecule is CCOC(=O)C1=NOC2(CCC(C(C)(C)CC)CC2)C1. The first kappa shape index (κ1) is 15.3. The number of oxime groups is 1. The summed E-state index contributed by atoms with van der Waals surface area (Å²) >= 11 is 0. The predicted molar refractivity (Wildman–Crippen MR) is 78.5 cm³/mol. The molecule has 0 aromatic rings. The molecule has 1 heterocycles. The van der Waals surface area contributed by atoms with E-state index in [9.17, 15) is 4.79 Å². The molecule has 1 aliphatic heterocycles. The fourth-order valence-corrected chi connectivity index (χ4v) is 3.33. The Labute approximate surface area is 121 Å². The molecule has 4 heteroatoms. The lowest BCUT2D eigenvalue weighted by atomic mass is 9.66. The zero-order valence-corrected chi connectivity index (χ0v) is 13.2. The van der Waals surface area contributed by atoms with E-state index >= 15 is 0 Å². The van der Waals surface area contributed by atoms with Crippen molar-refractivity contribution in [2.45, 2.75) is 71.8 Å². The van der Waals surface area contributed by atoms with Gasteiger partial charge in [0.05, 0.1) is 6.61 Å². The van der Waals surface area contributed by atoms with Gasteiger partial charge in [0.15, 0.2) is 5.71 Å². The van der Waals surface area contributed by atoms with Crippen LogP contribution in [0.3, 0.4) is 0 Å². The van der Waals surface area contributed by atoms with Crippen molar-refractivity contribution >= 4 is 11.7 Å². The van der Waals surface area contributed by atoms with E-state index in [1.807, 2.05) is 6.92 Å². The summed E-state index contributed by atoms with van der Waals surface area (Å²) in [5.41, 5.74) is 0.619. The maximum atomic E-state index is 11.7. The molecule has 0 aromatic carbocycles. The first-order valence-electron chi connectivity index (χ1n) is 7.84. The van der Waals surface area contributed by atoms with Gasteiger partial charge in [0.2, 0.25) is 0 Å². The Morgan fingerprint density at radius 2 is 2.05 bits per heavy atom. The van der Waals surface area contributed by atoms with Crippen LogP contribution >= 0.6 is 0 Å². The molecule has 2 aliphatic rings. The number of ether oxygens (including phenoxy) is 1. The van der Waals surface area contributed by atoms with Crippen molar-refractivity contribution in [3.05, 3.63) is 0 Å². The van der Waals surface area contributed by atoms with Crippen LogP contribution in [0.2, 0.25) is 0 Å². The Balaban J connectivity index is 1.91. The van der Waals surface area contributed by atoms with Crippen LogP contribution in [0.4, 0.5) is 0 Å². The van der Waals surface area contributed by atoms with Gasteiger partial charge in [-0.25, -0.2) is 4.79 Å². The standard InChI is InChI=1S/C16H27NO3/c1-5-15(3,4)12-7-9-16(10-8-12)11-13(17-20-16)14(18)19-6-2/h12H,5-11H2,1-4H3. The van der Waals surface area contributed by atoms with Crippen LogP contribution < -0.4 is 0 Å². The smallest absolute Gasteiger partial charge is 0.356 e. The van der Waals surface area contributed by atoms with Crippen molar-refractivity contribution in [2.75, 3.05) is 6.61 Å². The van der Waals surface area contributed by atoms with E-state index in [2.05, 4.69) is 25.9 Å². The van der Waals surface area contributed by atoms with E-state index < -0.39 is 0 Å². The number of hydrogen-bond donors (Lipinski definition) is 0. The molecule has 0 N–H and O–H groups in total. The van der Waals surface area contributed by atoms with Gasteiger partial charge in [-0.1, -0.05) is 32.3 Å². The van der Waals surface area contributed by atoms with Gasteiger partial charge in [0.25, 0.3) is 0 Å². The molecule has 0 saturated heterocycles.